The Morgan fingerprint density at radius 1 is 1.27 bits per heavy atom. The largest absolute Gasteiger partial charge is 0.490 e. The van der Waals surface area contributed by atoms with Crippen molar-refractivity contribution in [3.8, 4) is 5.75 Å². The predicted molar refractivity (Wildman–Crippen MR) is 92.8 cm³/mol. The van der Waals surface area contributed by atoms with Gasteiger partial charge in [-0.2, -0.15) is 0 Å². The fourth-order valence-corrected chi connectivity index (χ4v) is 3.95. The van der Waals surface area contributed by atoms with Gasteiger partial charge in [0.15, 0.2) is 0 Å². The minimum atomic E-state index is 0.644. The number of hydrogen-bond donors (Lipinski definition) is 1. The zero-order chi connectivity index (χ0) is 15.4. The summed E-state index contributed by atoms with van der Waals surface area (Å²) in [5, 5.41) is 3.45. The molecule has 22 heavy (non-hydrogen) atoms. The van der Waals surface area contributed by atoms with Crippen molar-refractivity contribution < 1.29 is 4.74 Å². The minimum absolute atomic E-state index is 0.644. The van der Waals surface area contributed by atoms with E-state index in [9.17, 15) is 0 Å². The molecule has 0 saturated heterocycles. The lowest BCUT2D eigenvalue weighted by Gasteiger charge is -2.37. The van der Waals surface area contributed by atoms with Crippen LogP contribution < -0.4 is 10.1 Å². The molecule has 0 bridgehead atoms. The van der Waals surface area contributed by atoms with Crippen molar-refractivity contribution >= 4 is 5.69 Å². The van der Waals surface area contributed by atoms with Gasteiger partial charge >= 0.3 is 0 Å². The van der Waals surface area contributed by atoms with E-state index in [0.717, 1.165) is 31.4 Å². The second-order valence-corrected chi connectivity index (χ2v) is 6.83. The Morgan fingerprint density at radius 3 is 2.86 bits per heavy atom. The molecule has 3 rings (SSSR count). The van der Waals surface area contributed by atoms with E-state index in [1.54, 1.807) is 0 Å². The second kappa shape index (κ2) is 7.36. The number of benzene rings is 1. The number of ether oxygens (including phenoxy) is 1. The molecule has 1 aliphatic heterocycles. The van der Waals surface area contributed by atoms with Crippen LogP contribution >= 0.6 is 0 Å². The molecular formula is C19H30N2O. The Kier molecular flexibility index (Phi) is 5.24. The average molecular weight is 302 g/mol. The lowest BCUT2D eigenvalue weighted by Crippen LogP contribution is -2.42. The number of anilines is 1. The second-order valence-electron chi connectivity index (χ2n) is 6.83. The molecule has 1 N–H and O–H groups in total. The summed E-state index contributed by atoms with van der Waals surface area (Å²) < 4.78 is 5.68. The smallest absolute Gasteiger partial charge is 0.142 e. The van der Waals surface area contributed by atoms with E-state index in [1.165, 1.54) is 49.8 Å². The lowest BCUT2D eigenvalue weighted by atomic mass is 9.92. The third kappa shape index (κ3) is 3.57. The molecule has 2 aliphatic rings. The number of nitrogens with one attached hydrogen (secondary N) is 1. The summed E-state index contributed by atoms with van der Waals surface area (Å²) in [7, 11) is 2.34. The van der Waals surface area contributed by atoms with Gasteiger partial charge in [0.05, 0.1) is 5.69 Å². The number of likely N-dealkylation sites (N-methyl/N-ethyl adjacent to an activating group) is 1. The van der Waals surface area contributed by atoms with Crippen LogP contribution in [-0.2, 0) is 6.42 Å². The van der Waals surface area contributed by atoms with E-state index < -0.39 is 0 Å². The Bertz CT molecular complexity index is 482. The van der Waals surface area contributed by atoms with Gasteiger partial charge in [-0.05, 0) is 50.4 Å². The van der Waals surface area contributed by atoms with E-state index in [-0.39, 0.29) is 0 Å². The highest BCUT2D eigenvalue weighted by atomic mass is 16.5. The summed E-state index contributed by atoms with van der Waals surface area (Å²) in [4.78, 5) is 2.66. The van der Waals surface area contributed by atoms with E-state index in [1.807, 2.05) is 0 Å². The van der Waals surface area contributed by atoms with E-state index in [2.05, 4.69) is 42.4 Å². The molecule has 0 radical (unpaired) electrons. The van der Waals surface area contributed by atoms with Crippen molar-refractivity contribution in [3.05, 3.63) is 23.8 Å². The molecule has 1 aromatic carbocycles. The number of nitrogens with zero attached hydrogens (tertiary/aromatic N) is 1. The molecular weight excluding hydrogens is 272 g/mol. The van der Waals surface area contributed by atoms with Crippen molar-refractivity contribution in [2.45, 2.75) is 64.0 Å². The maximum absolute atomic E-state index is 5.68. The third-order valence-electron chi connectivity index (χ3n) is 5.39. The molecule has 1 heterocycles. The Balaban J connectivity index is 1.66. The summed E-state index contributed by atoms with van der Waals surface area (Å²) in [6.45, 7) is 4.01. The Labute approximate surface area is 135 Å². The van der Waals surface area contributed by atoms with Crippen molar-refractivity contribution in [2.75, 3.05) is 25.5 Å². The highest BCUT2D eigenvalue weighted by Crippen LogP contribution is 2.30. The first-order chi connectivity index (χ1) is 10.8. The minimum Gasteiger partial charge on any atom is -0.490 e. The molecule has 122 valence electrons. The SMILES string of the molecule is CCC(Cc1ccc2c(c1)NCCO2)N(C)C1CCCCC1. The first kappa shape index (κ1) is 15.7. The first-order valence-electron chi connectivity index (χ1n) is 8.99. The highest BCUT2D eigenvalue weighted by Gasteiger charge is 2.24. The molecule has 1 saturated carbocycles. The third-order valence-corrected chi connectivity index (χ3v) is 5.39. The summed E-state index contributed by atoms with van der Waals surface area (Å²) >= 11 is 0. The van der Waals surface area contributed by atoms with Crippen molar-refractivity contribution in [3.63, 3.8) is 0 Å². The van der Waals surface area contributed by atoms with Gasteiger partial charge in [0.2, 0.25) is 0 Å². The van der Waals surface area contributed by atoms with Crippen LogP contribution in [-0.4, -0.2) is 37.2 Å². The van der Waals surface area contributed by atoms with Crippen LogP contribution in [0.15, 0.2) is 18.2 Å². The van der Waals surface area contributed by atoms with Gasteiger partial charge in [0.25, 0.3) is 0 Å². The van der Waals surface area contributed by atoms with Gasteiger partial charge in [-0.1, -0.05) is 32.3 Å². The van der Waals surface area contributed by atoms with Gasteiger partial charge in [-0.15, -0.1) is 0 Å². The maximum atomic E-state index is 5.68. The van der Waals surface area contributed by atoms with Crippen molar-refractivity contribution in [1.82, 2.24) is 4.90 Å². The van der Waals surface area contributed by atoms with Crippen LogP contribution in [0.25, 0.3) is 0 Å². The summed E-state index contributed by atoms with van der Waals surface area (Å²) in [5.41, 5.74) is 2.59. The van der Waals surface area contributed by atoms with Crippen LogP contribution in [0.5, 0.6) is 5.75 Å². The molecule has 3 heteroatoms. The van der Waals surface area contributed by atoms with Crippen LogP contribution in [0, 0.1) is 0 Å². The quantitative estimate of drug-likeness (QED) is 0.887. The van der Waals surface area contributed by atoms with Crippen molar-refractivity contribution in [2.24, 2.45) is 0 Å². The summed E-state index contributed by atoms with van der Waals surface area (Å²) in [6, 6.07) is 8.09. The van der Waals surface area contributed by atoms with E-state index in [0.29, 0.717) is 6.04 Å². The van der Waals surface area contributed by atoms with Gasteiger partial charge < -0.3 is 15.0 Å². The number of rotatable bonds is 5. The molecule has 1 atom stereocenters. The molecule has 0 amide bonds. The van der Waals surface area contributed by atoms with Gasteiger partial charge in [0.1, 0.15) is 12.4 Å². The molecule has 0 spiro atoms. The normalized spacial score (nSPS) is 20.1. The Hall–Kier alpha value is -1.22. The standard InChI is InChI=1S/C19H30N2O/c1-3-16(21(2)17-7-5-4-6-8-17)13-15-9-10-19-18(14-15)20-11-12-22-19/h9-10,14,16-17,20H,3-8,11-13H2,1-2H3. The zero-order valence-electron chi connectivity index (χ0n) is 14.1. The van der Waals surface area contributed by atoms with Gasteiger partial charge in [-0.25, -0.2) is 0 Å². The predicted octanol–water partition coefficient (Wildman–Crippen LogP) is 4.08. The van der Waals surface area contributed by atoms with Crippen molar-refractivity contribution in [1.29, 1.82) is 0 Å². The molecule has 1 unspecified atom stereocenters. The molecule has 0 aromatic heterocycles. The van der Waals surface area contributed by atoms with E-state index >= 15 is 0 Å². The number of hydrogen-bond acceptors (Lipinski definition) is 3. The lowest BCUT2D eigenvalue weighted by molar-refractivity contribution is 0.133. The van der Waals surface area contributed by atoms with Crippen LogP contribution in [0.3, 0.4) is 0 Å². The van der Waals surface area contributed by atoms with Crippen LogP contribution in [0.4, 0.5) is 5.69 Å². The Morgan fingerprint density at radius 2 is 2.09 bits per heavy atom. The number of fused-ring (bicyclic) bond motifs is 1. The fraction of sp³-hybridized carbons (Fsp3) is 0.684. The zero-order valence-corrected chi connectivity index (χ0v) is 14.1. The van der Waals surface area contributed by atoms with Gasteiger partial charge in [0, 0.05) is 18.6 Å². The molecule has 1 fully saturated rings. The van der Waals surface area contributed by atoms with Crippen LogP contribution in [0.2, 0.25) is 0 Å². The summed E-state index contributed by atoms with van der Waals surface area (Å²) in [5.74, 6) is 1.00. The topological polar surface area (TPSA) is 24.5 Å². The molecule has 3 nitrogen and oxygen atoms in total. The first-order valence-corrected chi connectivity index (χ1v) is 8.99. The highest BCUT2D eigenvalue weighted by molar-refractivity contribution is 5.59. The maximum Gasteiger partial charge on any atom is 0.142 e. The average Bonchev–Trinajstić information content (AvgIpc) is 2.59. The van der Waals surface area contributed by atoms with Gasteiger partial charge in [-0.3, -0.25) is 0 Å². The monoisotopic (exact) mass is 302 g/mol. The molecule has 1 aromatic rings. The fourth-order valence-electron chi connectivity index (χ4n) is 3.95. The molecule has 1 aliphatic carbocycles. The van der Waals surface area contributed by atoms with E-state index in [4.69, 9.17) is 4.74 Å². The van der Waals surface area contributed by atoms with Crippen LogP contribution in [0.1, 0.15) is 51.0 Å². The summed E-state index contributed by atoms with van der Waals surface area (Å²) in [6.07, 6.45) is 9.36.